The van der Waals surface area contributed by atoms with Crippen LogP contribution in [0.2, 0.25) is 0 Å². The van der Waals surface area contributed by atoms with Gasteiger partial charge in [0.15, 0.2) is 23.4 Å². The predicted octanol–water partition coefficient (Wildman–Crippen LogP) is 4.92. The molecule has 6 nitrogen and oxygen atoms in total. The standard InChI is InChI=1S/C26H23NO5/c1-27(15-22-17-30-23-8-4-5-9-24(23)32-22)26(28)25-13-12-21(31-25)16-29-20-11-10-18-6-2-3-7-19(18)14-20/h2-14,22H,15-17H2,1H3. The molecule has 0 saturated carbocycles. The summed E-state index contributed by atoms with van der Waals surface area (Å²) in [4.78, 5) is 14.4. The van der Waals surface area contributed by atoms with Gasteiger partial charge < -0.3 is 23.5 Å². The second-order valence-electron chi connectivity index (χ2n) is 7.75. The van der Waals surface area contributed by atoms with Crippen molar-refractivity contribution in [3.63, 3.8) is 0 Å². The van der Waals surface area contributed by atoms with Crippen molar-refractivity contribution in [3.05, 3.63) is 90.4 Å². The fourth-order valence-corrected chi connectivity index (χ4v) is 3.71. The van der Waals surface area contributed by atoms with Crippen LogP contribution in [0.25, 0.3) is 10.8 Å². The van der Waals surface area contributed by atoms with Gasteiger partial charge in [0.1, 0.15) is 24.7 Å². The van der Waals surface area contributed by atoms with Gasteiger partial charge in [-0.3, -0.25) is 4.79 Å². The van der Waals surface area contributed by atoms with Gasteiger partial charge in [0.25, 0.3) is 5.91 Å². The number of nitrogens with zero attached hydrogens (tertiary/aromatic N) is 1. The maximum atomic E-state index is 12.8. The quantitative estimate of drug-likeness (QED) is 0.435. The summed E-state index contributed by atoms with van der Waals surface area (Å²) in [5.74, 6) is 2.79. The number of fused-ring (bicyclic) bond motifs is 2. The van der Waals surface area contributed by atoms with Crippen LogP contribution >= 0.6 is 0 Å². The van der Waals surface area contributed by atoms with Crippen LogP contribution in [0.4, 0.5) is 0 Å². The van der Waals surface area contributed by atoms with Crippen LogP contribution in [0.3, 0.4) is 0 Å². The maximum absolute atomic E-state index is 12.8. The van der Waals surface area contributed by atoms with Crippen molar-refractivity contribution in [2.24, 2.45) is 0 Å². The van der Waals surface area contributed by atoms with Gasteiger partial charge in [-0.05, 0) is 47.2 Å². The average molecular weight is 429 g/mol. The maximum Gasteiger partial charge on any atom is 0.289 e. The summed E-state index contributed by atoms with van der Waals surface area (Å²) in [7, 11) is 1.72. The van der Waals surface area contributed by atoms with E-state index in [9.17, 15) is 4.79 Å². The molecule has 2 heterocycles. The summed E-state index contributed by atoms with van der Waals surface area (Å²) in [6.45, 7) is 1.01. The van der Waals surface area contributed by atoms with Crippen LogP contribution in [0.15, 0.2) is 83.3 Å². The highest BCUT2D eigenvalue weighted by molar-refractivity contribution is 5.91. The van der Waals surface area contributed by atoms with Crippen molar-refractivity contribution < 1.29 is 23.4 Å². The van der Waals surface area contributed by atoms with E-state index in [1.54, 1.807) is 24.1 Å². The molecule has 4 aromatic rings. The van der Waals surface area contributed by atoms with E-state index in [-0.39, 0.29) is 24.4 Å². The Bertz CT molecular complexity index is 1250. The molecule has 0 saturated heterocycles. The number of benzene rings is 3. The van der Waals surface area contributed by atoms with Gasteiger partial charge in [-0.1, -0.05) is 42.5 Å². The lowest BCUT2D eigenvalue weighted by Gasteiger charge is -2.29. The average Bonchev–Trinajstić information content (AvgIpc) is 3.31. The van der Waals surface area contributed by atoms with Crippen molar-refractivity contribution >= 4 is 16.7 Å². The number of amides is 1. The van der Waals surface area contributed by atoms with Crippen molar-refractivity contribution in [2.75, 3.05) is 20.2 Å². The fraction of sp³-hybridized carbons (Fsp3) is 0.192. The molecule has 1 aliphatic rings. The van der Waals surface area contributed by atoms with Gasteiger partial charge in [0, 0.05) is 7.05 Å². The van der Waals surface area contributed by atoms with Crippen LogP contribution in [-0.4, -0.2) is 37.1 Å². The van der Waals surface area contributed by atoms with E-state index in [0.29, 0.717) is 24.7 Å². The Hall–Kier alpha value is -3.93. The minimum atomic E-state index is -0.246. The Kier molecular flexibility index (Phi) is 5.42. The fourth-order valence-electron chi connectivity index (χ4n) is 3.71. The van der Waals surface area contributed by atoms with Gasteiger partial charge in [-0.25, -0.2) is 0 Å². The first kappa shape index (κ1) is 20.0. The molecule has 0 bridgehead atoms. The normalized spacial score (nSPS) is 14.8. The topological polar surface area (TPSA) is 61.1 Å². The van der Waals surface area contributed by atoms with E-state index in [1.807, 2.05) is 60.7 Å². The lowest BCUT2D eigenvalue weighted by atomic mass is 10.1. The highest BCUT2D eigenvalue weighted by Crippen LogP contribution is 2.31. The molecule has 0 radical (unpaired) electrons. The number of hydrogen-bond donors (Lipinski definition) is 0. The van der Waals surface area contributed by atoms with E-state index in [1.165, 1.54) is 0 Å². The second-order valence-corrected chi connectivity index (χ2v) is 7.75. The van der Waals surface area contributed by atoms with Gasteiger partial charge in [0.2, 0.25) is 0 Å². The van der Waals surface area contributed by atoms with E-state index < -0.39 is 0 Å². The molecule has 5 rings (SSSR count). The Morgan fingerprint density at radius 3 is 2.62 bits per heavy atom. The van der Waals surface area contributed by atoms with E-state index in [4.69, 9.17) is 18.6 Å². The molecular formula is C26H23NO5. The van der Waals surface area contributed by atoms with E-state index in [2.05, 4.69) is 6.07 Å². The molecule has 0 fully saturated rings. The molecule has 6 heteroatoms. The smallest absolute Gasteiger partial charge is 0.289 e. The Labute approximate surface area is 185 Å². The lowest BCUT2D eigenvalue weighted by molar-refractivity contribution is 0.0499. The zero-order valence-corrected chi connectivity index (χ0v) is 17.7. The SMILES string of the molecule is CN(CC1COc2ccccc2O1)C(=O)c1ccc(COc2ccc3ccccc3c2)o1. The predicted molar refractivity (Wildman–Crippen MR) is 120 cm³/mol. The van der Waals surface area contributed by atoms with Crippen LogP contribution in [0.1, 0.15) is 16.3 Å². The zero-order valence-electron chi connectivity index (χ0n) is 17.7. The van der Waals surface area contributed by atoms with Gasteiger partial charge >= 0.3 is 0 Å². The molecule has 0 N–H and O–H groups in total. The van der Waals surface area contributed by atoms with Crippen LogP contribution in [0, 0.1) is 0 Å². The van der Waals surface area contributed by atoms with E-state index >= 15 is 0 Å². The second kappa shape index (κ2) is 8.67. The number of hydrogen-bond acceptors (Lipinski definition) is 5. The molecule has 1 aromatic heterocycles. The number of ether oxygens (including phenoxy) is 3. The summed E-state index contributed by atoms with van der Waals surface area (Å²) in [6, 6.07) is 25.0. The summed E-state index contributed by atoms with van der Waals surface area (Å²) in [5, 5.41) is 2.27. The largest absolute Gasteiger partial charge is 0.486 e. The molecule has 0 aliphatic carbocycles. The summed E-state index contributed by atoms with van der Waals surface area (Å²) >= 11 is 0. The number of furan rings is 1. The van der Waals surface area contributed by atoms with Gasteiger partial charge in [-0.15, -0.1) is 0 Å². The van der Waals surface area contributed by atoms with Crippen molar-refractivity contribution in [1.82, 2.24) is 4.90 Å². The third-order valence-corrected chi connectivity index (χ3v) is 5.37. The van der Waals surface area contributed by atoms with Crippen molar-refractivity contribution in [3.8, 4) is 17.2 Å². The van der Waals surface area contributed by atoms with Crippen LogP contribution < -0.4 is 14.2 Å². The molecule has 1 aliphatic heterocycles. The monoisotopic (exact) mass is 429 g/mol. The molecular weight excluding hydrogens is 406 g/mol. The molecule has 0 spiro atoms. The van der Waals surface area contributed by atoms with Gasteiger partial charge in [0.05, 0.1) is 6.54 Å². The van der Waals surface area contributed by atoms with Gasteiger partial charge in [-0.2, -0.15) is 0 Å². The number of para-hydroxylation sites is 2. The Balaban J connectivity index is 1.18. The van der Waals surface area contributed by atoms with Crippen molar-refractivity contribution in [2.45, 2.75) is 12.7 Å². The molecule has 3 aromatic carbocycles. The number of likely N-dealkylation sites (N-methyl/N-ethyl adjacent to an activating group) is 1. The Morgan fingerprint density at radius 2 is 1.75 bits per heavy atom. The molecule has 1 amide bonds. The lowest BCUT2D eigenvalue weighted by Crippen LogP contribution is -2.41. The molecule has 162 valence electrons. The minimum Gasteiger partial charge on any atom is -0.486 e. The highest BCUT2D eigenvalue weighted by Gasteiger charge is 2.25. The first-order valence-corrected chi connectivity index (χ1v) is 10.5. The molecule has 1 atom stereocenters. The highest BCUT2D eigenvalue weighted by atomic mass is 16.6. The summed E-state index contributed by atoms with van der Waals surface area (Å²) in [6.07, 6.45) is -0.246. The first-order chi connectivity index (χ1) is 15.7. The number of rotatable bonds is 6. The van der Waals surface area contributed by atoms with Crippen LogP contribution in [0.5, 0.6) is 17.2 Å². The molecule has 1 unspecified atom stereocenters. The Morgan fingerprint density at radius 1 is 0.969 bits per heavy atom. The minimum absolute atomic E-state index is 0.218. The third-order valence-electron chi connectivity index (χ3n) is 5.37. The zero-order chi connectivity index (χ0) is 21.9. The third kappa shape index (κ3) is 4.25. The van der Waals surface area contributed by atoms with Crippen LogP contribution in [-0.2, 0) is 6.61 Å². The number of carbonyl (C=O) groups is 1. The van der Waals surface area contributed by atoms with E-state index in [0.717, 1.165) is 22.3 Å². The first-order valence-electron chi connectivity index (χ1n) is 10.5. The van der Waals surface area contributed by atoms with Crippen molar-refractivity contribution in [1.29, 1.82) is 0 Å². The summed E-state index contributed by atoms with van der Waals surface area (Å²) in [5.41, 5.74) is 0. The molecule has 32 heavy (non-hydrogen) atoms. The summed E-state index contributed by atoms with van der Waals surface area (Å²) < 4.78 is 23.3. The number of carbonyl (C=O) groups excluding carboxylic acids is 1.